The number of hydrogen-bond acceptors (Lipinski definition) is 6. The number of nitrogens with zero attached hydrogens (tertiary/aromatic N) is 1. The first-order valence-electron chi connectivity index (χ1n) is 11.1. The molecule has 0 radical (unpaired) electrons. The molecule has 10 nitrogen and oxygen atoms in total. The molecule has 0 aromatic rings. The zero-order chi connectivity index (χ0) is 29.4. The number of nitrogens with one attached hydrogen (secondary N) is 2. The summed E-state index contributed by atoms with van der Waals surface area (Å²) in [4.78, 5) is 47.7. The van der Waals surface area contributed by atoms with E-state index in [0.717, 1.165) is 0 Å². The minimum Gasteiger partial charge on any atom is -0.478 e. The van der Waals surface area contributed by atoms with Crippen LogP contribution in [0.5, 0.6) is 0 Å². The Kier molecular flexibility index (Phi) is 13.4. The summed E-state index contributed by atoms with van der Waals surface area (Å²) in [7, 11) is 3.17. The van der Waals surface area contributed by atoms with Crippen molar-refractivity contribution in [2.75, 3.05) is 14.1 Å². The van der Waals surface area contributed by atoms with Gasteiger partial charge in [0.25, 0.3) is 0 Å². The highest BCUT2D eigenvalue weighted by atomic mass is 19.4. The van der Waals surface area contributed by atoms with E-state index in [1.165, 1.54) is 25.7 Å². The summed E-state index contributed by atoms with van der Waals surface area (Å²) in [6.07, 6.45) is -3.53. The largest absolute Gasteiger partial charge is 0.490 e. The molecule has 3 atom stereocenters. The van der Waals surface area contributed by atoms with E-state index in [4.69, 9.17) is 9.90 Å². The van der Waals surface area contributed by atoms with Gasteiger partial charge >= 0.3 is 18.1 Å². The highest BCUT2D eigenvalue weighted by Crippen LogP contribution is 2.24. The summed E-state index contributed by atoms with van der Waals surface area (Å²) < 4.78 is 31.7. The molecule has 5 N–H and O–H groups in total. The fraction of sp³-hybridized carbons (Fsp3) is 0.739. The summed E-state index contributed by atoms with van der Waals surface area (Å²) in [6, 6.07) is -2.21. The third-order valence-corrected chi connectivity index (χ3v) is 5.14. The van der Waals surface area contributed by atoms with Crippen LogP contribution in [0.15, 0.2) is 11.6 Å². The quantitative estimate of drug-likeness (QED) is 0.285. The first-order valence-corrected chi connectivity index (χ1v) is 11.1. The molecule has 0 aromatic heterocycles. The molecule has 2 amide bonds. The van der Waals surface area contributed by atoms with E-state index in [0.29, 0.717) is 0 Å². The van der Waals surface area contributed by atoms with Crippen LogP contribution in [0.2, 0.25) is 0 Å². The van der Waals surface area contributed by atoms with Crippen molar-refractivity contribution in [2.45, 2.75) is 85.3 Å². The first kappa shape index (κ1) is 35.5. The van der Waals surface area contributed by atoms with Crippen LogP contribution in [0.25, 0.3) is 0 Å². The van der Waals surface area contributed by atoms with Crippen LogP contribution in [0.3, 0.4) is 0 Å². The van der Waals surface area contributed by atoms with Crippen molar-refractivity contribution in [1.82, 2.24) is 15.5 Å². The van der Waals surface area contributed by atoms with Crippen molar-refractivity contribution in [3.8, 4) is 0 Å². The number of carbonyl (C=O) groups excluding carboxylic acids is 2. The van der Waals surface area contributed by atoms with Crippen LogP contribution in [0, 0.1) is 11.3 Å². The van der Waals surface area contributed by atoms with Gasteiger partial charge in [-0.1, -0.05) is 40.7 Å². The van der Waals surface area contributed by atoms with E-state index in [1.807, 2.05) is 34.6 Å². The minimum atomic E-state index is -5.08. The first-order chi connectivity index (χ1) is 15.9. The number of aliphatic hydroxyl groups is 1. The monoisotopic (exact) mass is 527 g/mol. The van der Waals surface area contributed by atoms with Gasteiger partial charge in [0.2, 0.25) is 11.8 Å². The number of carboxylic acids is 2. The number of carboxylic acid groups (broad SMARTS) is 2. The number of amides is 2. The molecular formula is C23H40F3N3O7. The molecular weight excluding hydrogens is 487 g/mol. The fourth-order valence-corrected chi connectivity index (χ4v) is 3.11. The van der Waals surface area contributed by atoms with Crippen LogP contribution in [0.1, 0.15) is 55.4 Å². The summed E-state index contributed by atoms with van der Waals surface area (Å²) in [5.74, 6) is -4.65. The van der Waals surface area contributed by atoms with Gasteiger partial charge in [0.15, 0.2) is 0 Å². The van der Waals surface area contributed by atoms with Crippen molar-refractivity contribution >= 4 is 23.8 Å². The number of alkyl halides is 3. The average Bonchev–Trinajstić information content (AvgIpc) is 2.66. The second kappa shape index (κ2) is 13.6. The molecule has 0 rings (SSSR count). The Balaban J connectivity index is 0. The van der Waals surface area contributed by atoms with Crippen molar-refractivity contribution < 1.29 is 47.7 Å². The Bertz CT molecular complexity index is 813. The van der Waals surface area contributed by atoms with Gasteiger partial charge in [0, 0.05) is 12.6 Å². The van der Waals surface area contributed by atoms with Gasteiger partial charge in [-0.05, 0) is 39.2 Å². The molecule has 0 saturated carbocycles. The van der Waals surface area contributed by atoms with Crippen LogP contribution < -0.4 is 10.6 Å². The van der Waals surface area contributed by atoms with Gasteiger partial charge in [0.05, 0.1) is 11.6 Å². The van der Waals surface area contributed by atoms with Gasteiger partial charge in [-0.15, -0.1) is 0 Å². The van der Waals surface area contributed by atoms with Crippen molar-refractivity contribution in [3.05, 3.63) is 11.6 Å². The zero-order valence-electron chi connectivity index (χ0n) is 22.4. The van der Waals surface area contributed by atoms with E-state index in [9.17, 15) is 37.8 Å². The number of halogens is 3. The smallest absolute Gasteiger partial charge is 0.478 e. The Labute approximate surface area is 209 Å². The van der Waals surface area contributed by atoms with Crippen molar-refractivity contribution in [2.24, 2.45) is 11.3 Å². The Hall–Kier alpha value is -2.67. The van der Waals surface area contributed by atoms with Crippen LogP contribution in [-0.2, 0) is 19.2 Å². The molecule has 0 aromatic carbocycles. The van der Waals surface area contributed by atoms with Crippen LogP contribution >= 0.6 is 0 Å². The summed E-state index contributed by atoms with van der Waals surface area (Å²) in [5, 5.41) is 32.1. The van der Waals surface area contributed by atoms with E-state index >= 15 is 0 Å². The van der Waals surface area contributed by atoms with Gasteiger partial charge in [-0.3, -0.25) is 9.59 Å². The predicted molar refractivity (Wildman–Crippen MR) is 127 cm³/mol. The fourth-order valence-electron chi connectivity index (χ4n) is 3.11. The van der Waals surface area contributed by atoms with Crippen molar-refractivity contribution in [1.29, 1.82) is 0 Å². The molecule has 0 heterocycles. The Morgan fingerprint density at radius 3 is 1.61 bits per heavy atom. The molecule has 0 spiro atoms. The molecule has 0 fully saturated rings. The van der Waals surface area contributed by atoms with Gasteiger partial charge < -0.3 is 30.9 Å². The molecule has 0 saturated heterocycles. The standard InChI is InChI=1S/C21H39N3O5.C2HF3O2/c1-12(2)14(11-13(3)19(27)28)24(10)18(26)16(20(4,5)6)23-17(25)15(22-9)21(7,8)29;3-2(4,5)1(6)7/h11-12,14-16,22,29H,1-10H3,(H,23,25)(H,27,28);(H,6,7)/b13-11+;/t14-,15-,16-;/m1./s1. The Morgan fingerprint density at radius 1 is 0.944 bits per heavy atom. The topological polar surface area (TPSA) is 156 Å². The van der Waals surface area contributed by atoms with Crippen molar-refractivity contribution in [3.63, 3.8) is 0 Å². The maximum Gasteiger partial charge on any atom is 0.490 e. The molecule has 0 aliphatic heterocycles. The lowest BCUT2D eigenvalue weighted by Crippen LogP contribution is -2.62. The van der Waals surface area contributed by atoms with Gasteiger partial charge in [-0.2, -0.15) is 13.2 Å². The molecule has 0 aliphatic rings. The number of aliphatic carboxylic acids is 2. The molecule has 0 unspecified atom stereocenters. The maximum absolute atomic E-state index is 13.3. The van der Waals surface area contributed by atoms with E-state index < -0.39 is 53.2 Å². The summed E-state index contributed by atoms with van der Waals surface area (Å²) in [6.45, 7) is 13.8. The van der Waals surface area contributed by atoms with E-state index in [2.05, 4.69) is 10.6 Å². The third-order valence-electron chi connectivity index (χ3n) is 5.14. The highest BCUT2D eigenvalue weighted by Gasteiger charge is 2.40. The van der Waals surface area contributed by atoms with Crippen LogP contribution in [-0.4, -0.2) is 88.0 Å². The molecule has 36 heavy (non-hydrogen) atoms. The van der Waals surface area contributed by atoms with Gasteiger partial charge in [-0.25, -0.2) is 9.59 Å². The molecule has 0 bridgehead atoms. The van der Waals surface area contributed by atoms with E-state index in [-0.39, 0.29) is 17.4 Å². The average molecular weight is 528 g/mol. The molecule has 13 heteroatoms. The number of carbonyl (C=O) groups is 4. The van der Waals surface area contributed by atoms with E-state index in [1.54, 1.807) is 20.2 Å². The number of hydrogen-bond donors (Lipinski definition) is 5. The summed E-state index contributed by atoms with van der Waals surface area (Å²) in [5.41, 5.74) is -1.78. The number of rotatable bonds is 9. The predicted octanol–water partition coefficient (Wildman–Crippen LogP) is 2.02. The lowest BCUT2D eigenvalue weighted by atomic mass is 9.84. The zero-order valence-corrected chi connectivity index (χ0v) is 22.4. The van der Waals surface area contributed by atoms with Gasteiger partial charge in [0.1, 0.15) is 12.1 Å². The number of likely N-dealkylation sites (N-methyl/N-ethyl adjacent to an activating group) is 2. The lowest BCUT2D eigenvalue weighted by Gasteiger charge is -2.38. The minimum absolute atomic E-state index is 0.0315. The van der Waals surface area contributed by atoms with Crippen LogP contribution in [0.4, 0.5) is 13.2 Å². The third kappa shape index (κ3) is 11.8. The maximum atomic E-state index is 13.3. The SMILES string of the molecule is CN[C@H](C(=O)N[C@H](C(=O)N(C)[C@H](/C=C(\C)C(=O)O)C(C)C)C(C)(C)C)C(C)(C)O.O=C(O)C(F)(F)F. The second-order valence-corrected chi connectivity index (χ2v) is 10.3. The second-order valence-electron chi connectivity index (χ2n) is 10.3. The molecule has 0 aliphatic carbocycles. The normalized spacial score (nSPS) is 15.2. The lowest BCUT2D eigenvalue weighted by molar-refractivity contribution is -0.192. The summed E-state index contributed by atoms with van der Waals surface area (Å²) >= 11 is 0. The highest BCUT2D eigenvalue weighted by molar-refractivity contribution is 5.91. The molecule has 210 valence electrons. The Morgan fingerprint density at radius 2 is 1.36 bits per heavy atom.